The summed E-state index contributed by atoms with van der Waals surface area (Å²) in [6.07, 6.45) is 2.94. The monoisotopic (exact) mass is 353 g/mol. The van der Waals surface area contributed by atoms with Crippen molar-refractivity contribution in [1.29, 1.82) is 0 Å². The second kappa shape index (κ2) is 7.93. The van der Waals surface area contributed by atoms with Crippen molar-refractivity contribution in [2.75, 3.05) is 7.11 Å². The first-order valence-electron chi connectivity index (χ1n) is 8.28. The lowest BCUT2D eigenvalue weighted by atomic mass is 10.0. The average Bonchev–Trinajstić information content (AvgIpc) is 3.19. The van der Waals surface area contributed by atoms with Crippen molar-refractivity contribution >= 4 is 5.91 Å². The first-order valence-corrected chi connectivity index (χ1v) is 8.28. The molecular formula is C20H20FN3O2. The number of carbonyl (C=O) groups excluding carboxylic acids is 1. The molecule has 0 unspecified atom stereocenters. The summed E-state index contributed by atoms with van der Waals surface area (Å²) in [6.45, 7) is 1.79. The van der Waals surface area contributed by atoms with Crippen LogP contribution in [-0.2, 0) is 4.74 Å². The van der Waals surface area contributed by atoms with E-state index >= 15 is 0 Å². The number of nitrogens with one attached hydrogen (secondary N) is 1. The molecule has 0 bridgehead atoms. The van der Waals surface area contributed by atoms with Crippen LogP contribution in [0.2, 0.25) is 0 Å². The molecule has 3 aromatic rings. The minimum Gasteiger partial charge on any atom is -0.375 e. The molecule has 0 radical (unpaired) electrons. The highest BCUT2D eigenvalue weighted by Gasteiger charge is 2.23. The number of amides is 1. The molecule has 0 saturated carbocycles. The van der Waals surface area contributed by atoms with Crippen LogP contribution in [0.4, 0.5) is 4.39 Å². The lowest BCUT2D eigenvalue weighted by molar-refractivity contribution is 0.0625. The summed E-state index contributed by atoms with van der Waals surface area (Å²) < 4.78 is 21.2. The zero-order valence-electron chi connectivity index (χ0n) is 14.6. The van der Waals surface area contributed by atoms with E-state index in [-0.39, 0.29) is 11.7 Å². The number of carbonyl (C=O) groups is 1. The summed E-state index contributed by atoms with van der Waals surface area (Å²) in [5.41, 5.74) is 1.79. The zero-order valence-corrected chi connectivity index (χ0v) is 14.6. The Labute approximate surface area is 151 Å². The van der Waals surface area contributed by atoms with Crippen LogP contribution in [0.5, 0.6) is 0 Å². The van der Waals surface area contributed by atoms with Crippen LogP contribution in [0.1, 0.15) is 28.9 Å². The molecule has 1 aromatic heterocycles. The predicted molar refractivity (Wildman–Crippen MR) is 96.6 cm³/mol. The number of nitrogens with zero attached hydrogens (tertiary/aromatic N) is 2. The van der Waals surface area contributed by atoms with Crippen molar-refractivity contribution in [3.05, 3.63) is 83.9 Å². The van der Waals surface area contributed by atoms with Gasteiger partial charge in [0.2, 0.25) is 0 Å². The maximum atomic E-state index is 14.0. The highest BCUT2D eigenvalue weighted by atomic mass is 19.1. The lowest BCUT2D eigenvalue weighted by Gasteiger charge is -2.24. The molecule has 0 fully saturated rings. The zero-order chi connectivity index (χ0) is 18.5. The van der Waals surface area contributed by atoms with Gasteiger partial charge in [-0.05, 0) is 43.3 Å². The van der Waals surface area contributed by atoms with Gasteiger partial charge in [-0.1, -0.05) is 18.2 Å². The Kier molecular flexibility index (Phi) is 5.43. The molecule has 134 valence electrons. The number of hydrogen-bond acceptors (Lipinski definition) is 3. The van der Waals surface area contributed by atoms with Gasteiger partial charge >= 0.3 is 0 Å². The van der Waals surface area contributed by atoms with Crippen LogP contribution >= 0.6 is 0 Å². The van der Waals surface area contributed by atoms with Gasteiger partial charge < -0.3 is 10.1 Å². The Morgan fingerprint density at radius 2 is 1.88 bits per heavy atom. The van der Waals surface area contributed by atoms with Crippen LogP contribution in [0.25, 0.3) is 5.69 Å². The summed E-state index contributed by atoms with van der Waals surface area (Å²) in [4.78, 5) is 12.5. The Hall–Kier alpha value is -2.99. The molecule has 2 aromatic carbocycles. The largest absolute Gasteiger partial charge is 0.375 e. The fourth-order valence-electron chi connectivity index (χ4n) is 2.86. The summed E-state index contributed by atoms with van der Waals surface area (Å²) in [5.74, 6) is -0.605. The average molecular weight is 353 g/mol. The van der Waals surface area contributed by atoms with Crippen LogP contribution in [0, 0.1) is 5.82 Å². The van der Waals surface area contributed by atoms with E-state index in [4.69, 9.17) is 4.74 Å². The van der Waals surface area contributed by atoms with Crippen molar-refractivity contribution in [2.45, 2.75) is 19.1 Å². The first kappa shape index (κ1) is 17.8. The number of hydrogen-bond donors (Lipinski definition) is 1. The second-order valence-corrected chi connectivity index (χ2v) is 5.94. The van der Waals surface area contributed by atoms with Crippen LogP contribution in [0.15, 0.2) is 67.0 Å². The molecule has 1 amide bonds. The lowest BCUT2D eigenvalue weighted by Crippen LogP contribution is -2.38. The van der Waals surface area contributed by atoms with E-state index < -0.39 is 12.1 Å². The molecule has 1 N–H and O–H groups in total. The van der Waals surface area contributed by atoms with Gasteiger partial charge in [-0.3, -0.25) is 4.79 Å². The standard InChI is InChI=1S/C20H20FN3O2/c1-14(19(26-2)17-6-3-4-7-18(17)21)23-20(25)15-8-10-16(11-9-15)24-13-5-12-22-24/h3-14,19H,1-2H3,(H,23,25)/t14-,19-/m0/s1. The van der Waals surface area contributed by atoms with Crippen molar-refractivity contribution < 1.29 is 13.9 Å². The third-order valence-electron chi connectivity index (χ3n) is 4.18. The van der Waals surface area contributed by atoms with E-state index in [0.29, 0.717) is 11.1 Å². The maximum Gasteiger partial charge on any atom is 0.251 e. The highest BCUT2D eigenvalue weighted by molar-refractivity contribution is 5.94. The van der Waals surface area contributed by atoms with Gasteiger partial charge in [0.05, 0.1) is 11.7 Å². The molecule has 2 atom stereocenters. The smallest absolute Gasteiger partial charge is 0.251 e. The van der Waals surface area contributed by atoms with Crippen molar-refractivity contribution in [2.24, 2.45) is 0 Å². The van der Waals surface area contributed by atoms with Gasteiger partial charge in [0, 0.05) is 30.6 Å². The summed E-state index contributed by atoms with van der Waals surface area (Å²) in [6, 6.07) is 14.9. The van der Waals surface area contributed by atoms with E-state index in [1.807, 2.05) is 24.4 Å². The van der Waals surface area contributed by atoms with Crippen molar-refractivity contribution in [3.63, 3.8) is 0 Å². The van der Waals surface area contributed by atoms with E-state index in [2.05, 4.69) is 10.4 Å². The normalized spacial score (nSPS) is 13.2. The van der Waals surface area contributed by atoms with Gasteiger partial charge in [0.25, 0.3) is 5.91 Å². The molecular weight excluding hydrogens is 333 g/mol. The molecule has 0 aliphatic rings. The molecule has 0 spiro atoms. The van der Waals surface area contributed by atoms with E-state index in [9.17, 15) is 9.18 Å². The summed E-state index contributed by atoms with van der Waals surface area (Å²) in [5, 5.41) is 7.02. The maximum absolute atomic E-state index is 14.0. The van der Waals surface area contributed by atoms with Crippen LogP contribution in [0.3, 0.4) is 0 Å². The molecule has 6 heteroatoms. The van der Waals surface area contributed by atoms with Crippen molar-refractivity contribution in [3.8, 4) is 5.69 Å². The number of benzene rings is 2. The third kappa shape index (κ3) is 3.81. The third-order valence-corrected chi connectivity index (χ3v) is 4.18. The van der Waals surface area contributed by atoms with Crippen molar-refractivity contribution in [1.82, 2.24) is 15.1 Å². The Morgan fingerprint density at radius 3 is 2.50 bits per heavy atom. The Bertz CT molecular complexity index is 863. The highest BCUT2D eigenvalue weighted by Crippen LogP contribution is 2.23. The number of methoxy groups -OCH3 is 1. The van der Waals surface area contributed by atoms with Gasteiger partial charge in [0.1, 0.15) is 11.9 Å². The molecule has 0 saturated heterocycles. The topological polar surface area (TPSA) is 56.1 Å². The molecule has 3 rings (SSSR count). The number of ether oxygens (including phenoxy) is 1. The van der Waals surface area contributed by atoms with Crippen LogP contribution < -0.4 is 5.32 Å². The van der Waals surface area contributed by atoms with Gasteiger partial charge in [0.15, 0.2) is 0 Å². The van der Waals surface area contributed by atoms with E-state index in [1.54, 1.807) is 48.1 Å². The van der Waals surface area contributed by atoms with Gasteiger partial charge in [-0.2, -0.15) is 5.10 Å². The molecule has 26 heavy (non-hydrogen) atoms. The number of halogens is 1. The predicted octanol–water partition coefficient (Wildman–Crippen LogP) is 3.52. The molecule has 0 aliphatic heterocycles. The minimum atomic E-state index is -0.580. The molecule has 1 heterocycles. The van der Waals surface area contributed by atoms with E-state index in [0.717, 1.165) is 5.69 Å². The first-order chi connectivity index (χ1) is 12.6. The summed E-state index contributed by atoms with van der Waals surface area (Å²) >= 11 is 0. The second-order valence-electron chi connectivity index (χ2n) is 5.94. The van der Waals surface area contributed by atoms with Crippen LogP contribution in [-0.4, -0.2) is 28.8 Å². The molecule has 5 nitrogen and oxygen atoms in total. The fourth-order valence-corrected chi connectivity index (χ4v) is 2.86. The fraction of sp³-hybridized carbons (Fsp3) is 0.200. The number of rotatable bonds is 6. The summed E-state index contributed by atoms with van der Waals surface area (Å²) in [7, 11) is 1.50. The SMILES string of the molecule is CO[C@H](c1ccccc1F)[C@H](C)NC(=O)c1ccc(-n2cccn2)cc1. The van der Waals surface area contributed by atoms with Gasteiger partial charge in [-0.25, -0.2) is 9.07 Å². The Morgan fingerprint density at radius 1 is 1.15 bits per heavy atom. The van der Waals surface area contributed by atoms with Gasteiger partial charge in [-0.15, -0.1) is 0 Å². The van der Waals surface area contributed by atoms with E-state index in [1.165, 1.54) is 13.2 Å². The molecule has 0 aliphatic carbocycles. The minimum absolute atomic E-state index is 0.247. The quantitative estimate of drug-likeness (QED) is 0.738. The number of aromatic nitrogens is 2. The Balaban J connectivity index is 1.71.